The summed E-state index contributed by atoms with van der Waals surface area (Å²) in [6.07, 6.45) is 11.9. The van der Waals surface area contributed by atoms with Crippen LogP contribution in [0.15, 0.2) is 107 Å². The molecule has 66 heavy (non-hydrogen) atoms. The Morgan fingerprint density at radius 2 is 1.58 bits per heavy atom. The highest BCUT2D eigenvalue weighted by molar-refractivity contribution is 7.10. The molecule has 0 spiro atoms. The normalized spacial score (nSPS) is 15.4. The Labute approximate surface area is 397 Å². The lowest BCUT2D eigenvalue weighted by Crippen LogP contribution is -2.48. The second-order valence-electron chi connectivity index (χ2n) is 16.3. The molecule has 0 radical (unpaired) electrons. The van der Waals surface area contributed by atoms with Crippen LogP contribution in [0.2, 0.25) is 0 Å². The number of amides is 4. The Hall–Kier alpha value is -6.32. The van der Waals surface area contributed by atoms with Crippen LogP contribution >= 0.6 is 11.3 Å². The van der Waals surface area contributed by atoms with Crippen LogP contribution in [0.3, 0.4) is 0 Å². The molecule has 2 unspecified atom stereocenters. The van der Waals surface area contributed by atoms with E-state index in [1.165, 1.54) is 28.5 Å². The standard InChI is InChI=1S/C43H46N6O4S.C7H13N.2C2H6/c1-29-8-6-9-33(22-29)37-24-38(28-48(27-37)43(53)36(26-44)25-40-45-19-21-54-40)42(52)47-18-5-3-4-17-46-41(51)32-13-11-31(12-14-32)34-15-16-39-35(23-34)10-7-20-49(39)30(2)50;1-6(2)4-5-7(3)8;2*1-2/h6,8-9,11-16,19,21-23,25,37-38H,3-5,7,10,17-18,20,24,27-28H2,1-2H3,(H,46,51)(H,47,52);4-5H,8H2,1-3H3;2*1-2H3/b36-25+;7-5+;;. The number of nitrogens with zero attached hydrogens (tertiary/aromatic N) is 4. The fourth-order valence-corrected chi connectivity index (χ4v) is 8.23. The number of allylic oxidation sites excluding steroid dienone is 4. The van der Waals surface area contributed by atoms with E-state index in [9.17, 15) is 24.4 Å². The van der Waals surface area contributed by atoms with E-state index < -0.39 is 11.8 Å². The van der Waals surface area contributed by atoms with E-state index in [0.29, 0.717) is 36.6 Å². The molecule has 11 nitrogen and oxygen atoms in total. The number of aryl methyl sites for hydroxylation is 2. The molecule has 352 valence electrons. The fraction of sp³-hybridized carbons (Fsp3) is 0.407. The number of hydrogen-bond donors (Lipinski definition) is 3. The van der Waals surface area contributed by atoms with Crippen LogP contribution in [-0.2, 0) is 20.8 Å². The fourth-order valence-electron chi connectivity index (χ4n) is 7.66. The summed E-state index contributed by atoms with van der Waals surface area (Å²) in [6.45, 7) is 20.0. The lowest BCUT2D eigenvalue weighted by atomic mass is 9.83. The number of fused-ring (bicyclic) bond motifs is 1. The van der Waals surface area contributed by atoms with Gasteiger partial charge in [-0.05, 0) is 125 Å². The van der Waals surface area contributed by atoms with Crippen molar-refractivity contribution in [2.24, 2.45) is 11.7 Å². The van der Waals surface area contributed by atoms with Crippen LogP contribution < -0.4 is 21.3 Å². The van der Waals surface area contributed by atoms with Crippen molar-refractivity contribution in [2.45, 2.75) is 107 Å². The van der Waals surface area contributed by atoms with Gasteiger partial charge in [0.1, 0.15) is 16.6 Å². The highest BCUT2D eigenvalue weighted by atomic mass is 32.1. The minimum absolute atomic E-state index is 0.00685. The molecule has 2 aliphatic heterocycles. The summed E-state index contributed by atoms with van der Waals surface area (Å²) in [5.74, 6) is -1.01. The van der Waals surface area contributed by atoms with Gasteiger partial charge in [0.15, 0.2) is 0 Å². The van der Waals surface area contributed by atoms with E-state index in [2.05, 4.69) is 27.8 Å². The van der Waals surface area contributed by atoms with Crippen LogP contribution in [0.4, 0.5) is 5.69 Å². The number of aromatic nitrogens is 1. The van der Waals surface area contributed by atoms with Gasteiger partial charge in [0, 0.05) is 74.1 Å². The second-order valence-corrected chi connectivity index (χ2v) is 17.2. The summed E-state index contributed by atoms with van der Waals surface area (Å²) in [5, 5.41) is 18.3. The molecule has 4 aromatic rings. The maximum atomic E-state index is 13.6. The van der Waals surface area contributed by atoms with Crippen molar-refractivity contribution in [1.29, 1.82) is 5.26 Å². The van der Waals surface area contributed by atoms with Gasteiger partial charge in [0.25, 0.3) is 11.8 Å². The molecule has 2 aliphatic rings. The number of nitrogens with one attached hydrogen (secondary N) is 2. The Morgan fingerprint density at radius 3 is 2.18 bits per heavy atom. The predicted octanol–water partition coefficient (Wildman–Crippen LogP) is 10.5. The summed E-state index contributed by atoms with van der Waals surface area (Å²) in [5.41, 5.74) is 14.5. The number of thiazole rings is 1. The molecule has 12 heteroatoms. The molecule has 0 saturated carbocycles. The van der Waals surface area contributed by atoms with Crippen LogP contribution in [-0.4, -0.2) is 66.2 Å². The SMILES string of the molecule is CC.CC.CC(=O)N1CCCc2cc(-c3ccc(C(=O)NCCCCCNC(=O)C4CC(c5cccc(C)c5)CN(C(=O)/C(C#N)=C/c5nccs5)C4)cc3)ccc21.CC(C)=C/C=C(\C)N. The molecular formula is C54H71N7O4S. The van der Waals surface area contributed by atoms with Gasteiger partial charge in [0.05, 0.1) is 5.92 Å². The highest BCUT2D eigenvalue weighted by Gasteiger charge is 2.35. The zero-order valence-electron chi connectivity index (χ0n) is 40.6. The highest BCUT2D eigenvalue weighted by Crippen LogP contribution is 2.33. The Balaban J connectivity index is 0.000000862. The number of likely N-dealkylation sites (tertiary alicyclic amines) is 1. The van der Waals surface area contributed by atoms with Crippen LogP contribution in [0, 0.1) is 24.2 Å². The van der Waals surface area contributed by atoms with Crippen molar-refractivity contribution >= 4 is 46.7 Å². The first kappa shape index (κ1) is 54.0. The van der Waals surface area contributed by atoms with Crippen molar-refractivity contribution in [3.8, 4) is 17.2 Å². The van der Waals surface area contributed by atoms with E-state index >= 15 is 0 Å². The van der Waals surface area contributed by atoms with Crippen LogP contribution in [0.1, 0.15) is 125 Å². The van der Waals surface area contributed by atoms with E-state index in [1.54, 1.807) is 23.4 Å². The van der Waals surface area contributed by atoms with Crippen LogP contribution in [0.5, 0.6) is 0 Å². The summed E-state index contributed by atoms with van der Waals surface area (Å²) < 4.78 is 0. The number of carbonyl (C=O) groups is 4. The van der Waals surface area contributed by atoms with Crippen molar-refractivity contribution in [3.63, 3.8) is 0 Å². The molecule has 4 N–H and O–H groups in total. The number of anilines is 1. The molecule has 1 aromatic heterocycles. The lowest BCUT2D eigenvalue weighted by Gasteiger charge is -2.37. The topological polar surface area (TPSA) is 162 Å². The van der Waals surface area contributed by atoms with Gasteiger partial charge in [0.2, 0.25) is 11.8 Å². The minimum atomic E-state index is -0.414. The maximum absolute atomic E-state index is 13.6. The quantitative estimate of drug-likeness (QED) is 0.0521. The minimum Gasteiger partial charge on any atom is -0.402 e. The third-order valence-electron chi connectivity index (χ3n) is 10.9. The molecule has 6 rings (SSSR count). The van der Waals surface area contributed by atoms with Crippen molar-refractivity contribution in [1.82, 2.24) is 20.5 Å². The van der Waals surface area contributed by atoms with E-state index in [1.807, 2.05) is 133 Å². The van der Waals surface area contributed by atoms with Gasteiger partial charge in [-0.3, -0.25) is 19.2 Å². The predicted molar refractivity (Wildman–Crippen MR) is 272 cm³/mol. The smallest absolute Gasteiger partial charge is 0.264 e. The summed E-state index contributed by atoms with van der Waals surface area (Å²) in [4.78, 5) is 59.5. The van der Waals surface area contributed by atoms with Gasteiger partial charge in [-0.2, -0.15) is 5.26 Å². The molecule has 0 bridgehead atoms. The van der Waals surface area contributed by atoms with Crippen LogP contribution in [0.25, 0.3) is 17.2 Å². The number of nitriles is 1. The number of unbranched alkanes of at least 4 members (excludes halogenated alkanes) is 2. The molecule has 0 aliphatic carbocycles. The van der Waals surface area contributed by atoms with Gasteiger partial charge in [-0.1, -0.05) is 87.4 Å². The summed E-state index contributed by atoms with van der Waals surface area (Å²) in [7, 11) is 0. The Bertz CT molecular complexity index is 2300. The molecule has 4 amide bonds. The van der Waals surface area contributed by atoms with E-state index in [0.717, 1.165) is 72.3 Å². The number of carbonyl (C=O) groups excluding carboxylic acids is 4. The first-order valence-corrected chi connectivity index (χ1v) is 24.2. The first-order valence-electron chi connectivity index (χ1n) is 23.3. The number of rotatable bonds is 13. The van der Waals surface area contributed by atoms with Crippen molar-refractivity contribution in [2.75, 3.05) is 37.6 Å². The molecule has 2 atom stereocenters. The number of hydrogen-bond acceptors (Lipinski definition) is 8. The summed E-state index contributed by atoms with van der Waals surface area (Å²) >= 11 is 1.35. The first-order chi connectivity index (χ1) is 31.8. The molecule has 1 saturated heterocycles. The third-order valence-corrected chi connectivity index (χ3v) is 11.6. The summed E-state index contributed by atoms with van der Waals surface area (Å²) in [6, 6.07) is 24.0. The third kappa shape index (κ3) is 16.9. The number of nitrogens with two attached hydrogens (primary N) is 1. The molecule has 3 aromatic carbocycles. The van der Waals surface area contributed by atoms with Crippen molar-refractivity contribution in [3.05, 3.63) is 135 Å². The number of piperidine rings is 1. The van der Waals surface area contributed by atoms with Gasteiger partial charge < -0.3 is 26.2 Å². The zero-order chi connectivity index (χ0) is 48.6. The lowest BCUT2D eigenvalue weighted by molar-refractivity contribution is -0.133. The molecule has 3 heterocycles. The van der Waals surface area contributed by atoms with Crippen molar-refractivity contribution < 1.29 is 19.2 Å². The number of benzene rings is 3. The Kier molecular flexibility index (Phi) is 23.4. The average molecular weight is 914 g/mol. The molecule has 1 fully saturated rings. The largest absolute Gasteiger partial charge is 0.402 e. The maximum Gasteiger partial charge on any atom is 0.264 e. The van der Waals surface area contributed by atoms with E-state index in [-0.39, 0.29) is 35.8 Å². The van der Waals surface area contributed by atoms with Gasteiger partial charge in [-0.25, -0.2) is 4.98 Å². The monoisotopic (exact) mass is 914 g/mol. The van der Waals surface area contributed by atoms with E-state index in [4.69, 9.17) is 5.73 Å². The zero-order valence-corrected chi connectivity index (χ0v) is 41.4. The average Bonchev–Trinajstić information content (AvgIpc) is 3.86. The van der Waals surface area contributed by atoms with Gasteiger partial charge >= 0.3 is 0 Å². The Morgan fingerprint density at radius 1 is 0.879 bits per heavy atom. The molecular weight excluding hydrogens is 843 g/mol. The van der Waals surface area contributed by atoms with Gasteiger partial charge in [-0.15, -0.1) is 11.3 Å². The second kappa shape index (κ2) is 28.6.